The molecule has 0 spiro atoms. The lowest BCUT2D eigenvalue weighted by Crippen LogP contribution is -2.25. The first-order chi connectivity index (χ1) is 9.58. The van der Waals surface area contributed by atoms with Gasteiger partial charge in [0, 0.05) is 0 Å². The maximum absolute atomic E-state index is 11.7. The molecule has 9 nitrogen and oxygen atoms in total. The predicted octanol–water partition coefficient (Wildman–Crippen LogP) is -0.397. The second-order valence-electron chi connectivity index (χ2n) is 3.50. The van der Waals surface area contributed by atoms with Crippen LogP contribution in [-0.4, -0.2) is 37.0 Å². The molecular formula is C9H10N6O3S2. The van der Waals surface area contributed by atoms with Gasteiger partial charge in [-0.3, -0.25) is 19.9 Å². The highest BCUT2D eigenvalue weighted by Gasteiger charge is 2.10. The van der Waals surface area contributed by atoms with Crippen molar-refractivity contribution in [2.75, 3.05) is 11.1 Å². The quantitative estimate of drug-likeness (QED) is 0.639. The highest BCUT2D eigenvalue weighted by atomic mass is 32.2. The first kappa shape index (κ1) is 14.4. The number of amides is 1. The van der Waals surface area contributed by atoms with E-state index in [1.807, 2.05) is 11.9 Å². The van der Waals surface area contributed by atoms with Crippen LogP contribution < -0.4 is 16.6 Å². The molecule has 0 saturated carbocycles. The Bertz CT molecular complexity index is 721. The zero-order chi connectivity index (χ0) is 14.5. The van der Waals surface area contributed by atoms with Gasteiger partial charge in [0.15, 0.2) is 5.03 Å². The second kappa shape index (κ2) is 6.43. The van der Waals surface area contributed by atoms with E-state index in [9.17, 15) is 14.4 Å². The van der Waals surface area contributed by atoms with Gasteiger partial charge >= 0.3 is 5.69 Å². The molecule has 1 amide bonds. The molecule has 2 aromatic rings. The molecule has 106 valence electrons. The van der Waals surface area contributed by atoms with Crippen molar-refractivity contribution in [1.29, 1.82) is 0 Å². The summed E-state index contributed by atoms with van der Waals surface area (Å²) in [5.41, 5.74) is -1.32. The van der Waals surface area contributed by atoms with Crippen LogP contribution in [-0.2, 0) is 11.2 Å². The van der Waals surface area contributed by atoms with Gasteiger partial charge in [-0.15, -0.1) is 10.2 Å². The summed E-state index contributed by atoms with van der Waals surface area (Å²) >= 11 is 2.21. The van der Waals surface area contributed by atoms with Gasteiger partial charge in [-0.25, -0.2) is 9.89 Å². The minimum atomic E-state index is -0.690. The third-order valence-corrected chi connectivity index (χ3v) is 3.98. The number of carbonyl (C=O) groups is 1. The molecule has 3 N–H and O–H groups in total. The van der Waals surface area contributed by atoms with Crippen LogP contribution >= 0.6 is 23.1 Å². The number of aryl methyl sites for hydroxylation is 1. The molecule has 0 saturated heterocycles. The van der Waals surface area contributed by atoms with E-state index < -0.39 is 11.2 Å². The Hall–Kier alpha value is -2.01. The Labute approximate surface area is 120 Å². The summed E-state index contributed by atoms with van der Waals surface area (Å²) in [5.74, 6) is -0.357. The fourth-order valence-electron chi connectivity index (χ4n) is 1.17. The van der Waals surface area contributed by atoms with E-state index >= 15 is 0 Å². The molecule has 0 aliphatic rings. The lowest BCUT2D eigenvalue weighted by molar-refractivity contribution is -0.113. The zero-order valence-corrected chi connectivity index (χ0v) is 11.9. The summed E-state index contributed by atoms with van der Waals surface area (Å²) < 4.78 is 0. The number of thioether (sulfide) groups is 1. The smallest absolute Gasteiger partial charge is 0.300 e. The van der Waals surface area contributed by atoms with Crippen molar-refractivity contribution < 1.29 is 4.79 Å². The Morgan fingerprint density at radius 3 is 2.85 bits per heavy atom. The van der Waals surface area contributed by atoms with E-state index in [1.54, 1.807) is 0 Å². The van der Waals surface area contributed by atoms with Crippen molar-refractivity contribution in [3.8, 4) is 0 Å². The van der Waals surface area contributed by atoms with Gasteiger partial charge < -0.3 is 0 Å². The topological polar surface area (TPSA) is 133 Å². The molecule has 20 heavy (non-hydrogen) atoms. The molecule has 0 bridgehead atoms. The van der Waals surface area contributed by atoms with E-state index in [-0.39, 0.29) is 16.7 Å². The maximum Gasteiger partial charge on any atom is 0.342 e. The van der Waals surface area contributed by atoms with Gasteiger partial charge in [0.25, 0.3) is 5.56 Å². The van der Waals surface area contributed by atoms with Crippen molar-refractivity contribution in [3.05, 3.63) is 25.8 Å². The summed E-state index contributed by atoms with van der Waals surface area (Å²) in [6.07, 6.45) is 0.749. The lowest BCUT2D eigenvalue weighted by atomic mass is 10.5. The van der Waals surface area contributed by atoms with Crippen LogP contribution in [0.5, 0.6) is 0 Å². The predicted molar refractivity (Wildman–Crippen MR) is 74.1 cm³/mol. The number of aromatic nitrogens is 5. The number of aromatic amines is 2. The van der Waals surface area contributed by atoms with Crippen molar-refractivity contribution >= 4 is 34.1 Å². The SMILES string of the molecule is CCc1nnc(NC(=O)CSc2n[nH]c(=O)[nH]c2=O)s1. The number of anilines is 1. The second-order valence-corrected chi connectivity index (χ2v) is 5.53. The first-order valence-corrected chi connectivity index (χ1v) is 7.32. The third kappa shape index (κ3) is 3.74. The van der Waals surface area contributed by atoms with Crippen molar-refractivity contribution in [2.45, 2.75) is 18.4 Å². The summed E-state index contributed by atoms with van der Waals surface area (Å²) in [6.45, 7) is 1.94. The highest BCUT2D eigenvalue weighted by molar-refractivity contribution is 7.99. The van der Waals surface area contributed by atoms with E-state index in [4.69, 9.17) is 0 Å². The number of carbonyl (C=O) groups excluding carboxylic acids is 1. The number of nitrogens with zero attached hydrogens (tertiary/aromatic N) is 3. The van der Waals surface area contributed by atoms with Crippen LogP contribution in [0.2, 0.25) is 0 Å². The van der Waals surface area contributed by atoms with Crippen molar-refractivity contribution in [3.63, 3.8) is 0 Å². The first-order valence-electron chi connectivity index (χ1n) is 5.52. The molecule has 2 rings (SSSR count). The molecule has 0 aromatic carbocycles. The molecule has 0 radical (unpaired) electrons. The number of rotatable bonds is 5. The molecule has 0 aliphatic heterocycles. The molecule has 2 heterocycles. The Kier molecular flexibility index (Phi) is 4.63. The summed E-state index contributed by atoms with van der Waals surface area (Å²) in [5, 5.41) is 17.1. The minimum Gasteiger partial charge on any atom is -0.300 e. The van der Waals surface area contributed by atoms with Crippen LogP contribution in [0.1, 0.15) is 11.9 Å². The third-order valence-electron chi connectivity index (χ3n) is 2.04. The van der Waals surface area contributed by atoms with Gasteiger partial charge in [0.1, 0.15) is 5.01 Å². The lowest BCUT2D eigenvalue weighted by Gasteiger charge is -1.99. The van der Waals surface area contributed by atoms with Crippen molar-refractivity contribution in [1.82, 2.24) is 25.4 Å². The summed E-state index contributed by atoms with van der Waals surface area (Å²) in [4.78, 5) is 35.8. The largest absolute Gasteiger partial charge is 0.342 e. The minimum absolute atomic E-state index is 0.0197. The van der Waals surface area contributed by atoms with Crippen molar-refractivity contribution in [2.24, 2.45) is 0 Å². The number of nitrogens with one attached hydrogen (secondary N) is 3. The van der Waals surface area contributed by atoms with Gasteiger partial charge in [0.05, 0.1) is 5.75 Å². The fraction of sp³-hybridized carbons (Fsp3) is 0.333. The molecule has 0 atom stereocenters. The van der Waals surface area contributed by atoms with Gasteiger partial charge in [0.2, 0.25) is 11.0 Å². The molecule has 0 aliphatic carbocycles. The maximum atomic E-state index is 11.7. The normalized spacial score (nSPS) is 10.4. The van der Waals surface area contributed by atoms with Gasteiger partial charge in [-0.1, -0.05) is 30.0 Å². The Morgan fingerprint density at radius 2 is 2.20 bits per heavy atom. The van der Waals surface area contributed by atoms with E-state index in [0.29, 0.717) is 5.13 Å². The van der Waals surface area contributed by atoms with Crippen LogP contribution in [0.15, 0.2) is 14.6 Å². The molecule has 2 aromatic heterocycles. The monoisotopic (exact) mass is 314 g/mol. The summed E-state index contributed by atoms with van der Waals surface area (Å²) in [7, 11) is 0. The fourth-order valence-corrected chi connectivity index (χ4v) is 2.50. The van der Waals surface area contributed by atoms with Gasteiger partial charge in [-0.05, 0) is 6.42 Å². The van der Waals surface area contributed by atoms with E-state index in [0.717, 1.165) is 23.2 Å². The Morgan fingerprint density at radius 1 is 1.40 bits per heavy atom. The molecular weight excluding hydrogens is 304 g/mol. The number of H-pyrrole nitrogens is 2. The van der Waals surface area contributed by atoms with E-state index in [2.05, 4.69) is 25.7 Å². The number of hydrogen-bond acceptors (Lipinski definition) is 8. The standard InChI is InChI=1S/C9H10N6O3S2/c1-2-5-12-15-9(20-5)10-4(16)3-19-7-6(17)11-8(18)14-13-7/h2-3H2,1H3,(H,10,15,16)(H2,11,14,17,18). The molecule has 0 unspecified atom stereocenters. The van der Waals surface area contributed by atoms with Crippen LogP contribution in [0.25, 0.3) is 0 Å². The van der Waals surface area contributed by atoms with E-state index in [1.165, 1.54) is 11.3 Å². The zero-order valence-electron chi connectivity index (χ0n) is 10.3. The van der Waals surface area contributed by atoms with Crippen LogP contribution in [0.4, 0.5) is 5.13 Å². The average Bonchev–Trinajstić information content (AvgIpc) is 2.85. The highest BCUT2D eigenvalue weighted by Crippen LogP contribution is 2.16. The Balaban J connectivity index is 1.92. The van der Waals surface area contributed by atoms with Gasteiger partial charge in [-0.2, -0.15) is 5.10 Å². The molecule has 11 heteroatoms. The van der Waals surface area contributed by atoms with Crippen LogP contribution in [0.3, 0.4) is 0 Å². The number of hydrogen-bond donors (Lipinski definition) is 3. The summed E-state index contributed by atoms with van der Waals surface area (Å²) in [6, 6.07) is 0. The average molecular weight is 314 g/mol. The van der Waals surface area contributed by atoms with Crippen LogP contribution in [0, 0.1) is 0 Å². The molecule has 0 fully saturated rings.